The number of carboxylic acids is 2. The van der Waals surface area contributed by atoms with Crippen LogP contribution < -0.4 is 5.32 Å². The lowest BCUT2D eigenvalue weighted by Crippen LogP contribution is -2.47. The summed E-state index contributed by atoms with van der Waals surface area (Å²) in [5.74, 6) is -3.74. The van der Waals surface area contributed by atoms with E-state index in [1.807, 2.05) is 5.32 Å². The fourth-order valence-electron chi connectivity index (χ4n) is 0.923. The van der Waals surface area contributed by atoms with Gasteiger partial charge in [0.1, 0.15) is 0 Å². The molecule has 0 fully saturated rings. The minimum absolute atomic E-state index is 0.0735. The van der Waals surface area contributed by atoms with Gasteiger partial charge in [-0.15, -0.1) is 0 Å². The molecule has 0 radical (unpaired) electrons. The van der Waals surface area contributed by atoms with Gasteiger partial charge >= 0.3 is 11.9 Å². The first kappa shape index (κ1) is 13.4. The molecule has 0 atom stereocenters. The molecule has 86 valence electrons. The first-order chi connectivity index (χ1) is 6.63. The number of carbonyl (C=O) groups is 3. The maximum atomic E-state index is 11.2. The molecule has 0 spiro atoms. The maximum Gasteiger partial charge on any atom is 0.338 e. The van der Waals surface area contributed by atoms with E-state index in [0.29, 0.717) is 0 Å². The van der Waals surface area contributed by atoms with Crippen molar-refractivity contribution in [2.24, 2.45) is 5.41 Å². The zero-order valence-electron chi connectivity index (χ0n) is 8.90. The van der Waals surface area contributed by atoms with Gasteiger partial charge in [0.25, 0.3) is 0 Å². The Morgan fingerprint density at radius 1 is 1.13 bits per heavy atom. The van der Waals surface area contributed by atoms with Crippen LogP contribution in [0.4, 0.5) is 0 Å². The number of aliphatic carboxylic acids is 2. The van der Waals surface area contributed by atoms with Crippen molar-refractivity contribution in [1.82, 2.24) is 5.32 Å². The molecule has 0 aromatic rings. The highest BCUT2D eigenvalue weighted by molar-refractivity contribution is 6.00. The largest absolute Gasteiger partial charge is 0.479 e. The molecule has 0 aliphatic carbocycles. The van der Waals surface area contributed by atoms with Crippen LogP contribution in [-0.4, -0.2) is 34.1 Å². The Labute approximate surface area is 87.3 Å². The Hall–Kier alpha value is -1.59. The average Bonchev–Trinajstić information content (AvgIpc) is 1.95. The minimum Gasteiger partial charge on any atom is -0.479 e. The van der Waals surface area contributed by atoms with Gasteiger partial charge in [-0.3, -0.25) is 4.79 Å². The quantitative estimate of drug-likeness (QED) is 0.578. The number of carbonyl (C=O) groups excluding carboxylic acids is 1. The van der Waals surface area contributed by atoms with Crippen LogP contribution in [0.5, 0.6) is 0 Å². The van der Waals surface area contributed by atoms with Crippen LogP contribution in [0.2, 0.25) is 0 Å². The van der Waals surface area contributed by atoms with E-state index in [1.165, 1.54) is 0 Å². The van der Waals surface area contributed by atoms with Crippen LogP contribution >= 0.6 is 0 Å². The molecule has 3 N–H and O–H groups in total. The lowest BCUT2D eigenvalue weighted by molar-refractivity contribution is -0.153. The van der Waals surface area contributed by atoms with Crippen molar-refractivity contribution in [2.75, 3.05) is 0 Å². The molecular weight excluding hydrogens is 202 g/mol. The Bertz CT molecular complexity index is 265. The van der Waals surface area contributed by atoms with Gasteiger partial charge in [0.2, 0.25) is 11.9 Å². The van der Waals surface area contributed by atoms with Crippen molar-refractivity contribution < 1.29 is 24.6 Å². The van der Waals surface area contributed by atoms with E-state index in [9.17, 15) is 14.4 Å². The van der Waals surface area contributed by atoms with Gasteiger partial charge in [0.05, 0.1) is 0 Å². The first-order valence-corrected chi connectivity index (χ1v) is 4.38. The number of amides is 1. The smallest absolute Gasteiger partial charge is 0.338 e. The molecule has 15 heavy (non-hydrogen) atoms. The van der Waals surface area contributed by atoms with Crippen LogP contribution in [0.1, 0.15) is 27.2 Å². The van der Waals surface area contributed by atoms with Crippen LogP contribution in [0.25, 0.3) is 0 Å². The molecule has 0 saturated heterocycles. The van der Waals surface area contributed by atoms with E-state index in [0.717, 1.165) is 0 Å². The van der Waals surface area contributed by atoms with Crippen molar-refractivity contribution in [3.63, 3.8) is 0 Å². The highest BCUT2D eigenvalue weighted by atomic mass is 16.4. The van der Waals surface area contributed by atoms with E-state index < -0.39 is 23.9 Å². The van der Waals surface area contributed by atoms with Crippen LogP contribution in [0, 0.1) is 5.41 Å². The molecule has 1 amide bonds. The van der Waals surface area contributed by atoms with E-state index in [4.69, 9.17) is 10.2 Å². The van der Waals surface area contributed by atoms with Crippen molar-refractivity contribution in [3.05, 3.63) is 0 Å². The second-order valence-electron chi connectivity index (χ2n) is 4.41. The van der Waals surface area contributed by atoms with Gasteiger partial charge < -0.3 is 15.5 Å². The summed E-state index contributed by atoms with van der Waals surface area (Å²) < 4.78 is 0. The summed E-state index contributed by atoms with van der Waals surface area (Å²) in [4.78, 5) is 32.1. The average molecular weight is 217 g/mol. The molecule has 6 heteroatoms. The topological polar surface area (TPSA) is 104 Å². The molecule has 0 aliphatic heterocycles. The van der Waals surface area contributed by atoms with Gasteiger partial charge in [-0.05, 0) is 5.41 Å². The van der Waals surface area contributed by atoms with Gasteiger partial charge in [-0.25, -0.2) is 9.59 Å². The minimum atomic E-state index is -1.88. The Morgan fingerprint density at radius 3 is 1.80 bits per heavy atom. The highest BCUT2D eigenvalue weighted by Crippen LogP contribution is 2.17. The van der Waals surface area contributed by atoms with Crippen molar-refractivity contribution in [2.45, 2.75) is 33.2 Å². The zero-order valence-corrected chi connectivity index (χ0v) is 8.90. The number of hydrogen-bond acceptors (Lipinski definition) is 3. The van der Waals surface area contributed by atoms with Crippen molar-refractivity contribution in [1.29, 1.82) is 0 Å². The Kier molecular flexibility index (Phi) is 4.26. The van der Waals surface area contributed by atoms with Crippen LogP contribution in [-0.2, 0) is 14.4 Å². The standard InChI is InChI=1S/C9H15NO5/c1-9(2,3)4-5(11)10-6(7(12)13)8(14)15/h6H,4H2,1-3H3,(H,10,11)(H,12,13)(H,14,15). The van der Waals surface area contributed by atoms with Crippen LogP contribution in [0.3, 0.4) is 0 Å². The maximum absolute atomic E-state index is 11.2. The van der Waals surface area contributed by atoms with Gasteiger partial charge in [-0.2, -0.15) is 0 Å². The molecular formula is C9H15NO5. The van der Waals surface area contributed by atoms with E-state index in [2.05, 4.69) is 0 Å². The Morgan fingerprint density at radius 2 is 1.53 bits per heavy atom. The molecule has 0 bridgehead atoms. The highest BCUT2D eigenvalue weighted by Gasteiger charge is 2.28. The summed E-state index contributed by atoms with van der Waals surface area (Å²) >= 11 is 0. The lowest BCUT2D eigenvalue weighted by Gasteiger charge is -2.18. The van der Waals surface area contributed by atoms with Gasteiger partial charge in [0, 0.05) is 6.42 Å². The van der Waals surface area contributed by atoms with Gasteiger partial charge in [0.15, 0.2) is 0 Å². The third kappa shape index (κ3) is 5.66. The number of carboxylic acid groups (broad SMARTS) is 2. The number of rotatable bonds is 4. The number of nitrogens with one attached hydrogen (secondary N) is 1. The summed E-state index contributed by atoms with van der Waals surface area (Å²) in [5.41, 5.74) is -0.314. The first-order valence-electron chi connectivity index (χ1n) is 4.38. The summed E-state index contributed by atoms with van der Waals surface area (Å²) in [7, 11) is 0. The second kappa shape index (κ2) is 4.77. The SMILES string of the molecule is CC(C)(C)CC(=O)NC(C(=O)O)C(=O)O. The normalized spacial score (nSPS) is 11.2. The zero-order chi connectivity index (χ0) is 12.2. The third-order valence-electron chi connectivity index (χ3n) is 1.49. The van der Waals surface area contributed by atoms with E-state index >= 15 is 0 Å². The molecule has 0 aliphatic rings. The molecule has 0 aromatic heterocycles. The van der Waals surface area contributed by atoms with Crippen LogP contribution in [0.15, 0.2) is 0 Å². The molecule has 0 unspecified atom stereocenters. The van der Waals surface area contributed by atoms with Crippen molar-refractivity contribution in [3.8, 4) is 0 Å². The van der Waals surface area contributed by atoms with Crippen molar-refractivity contribution >= 4 is 17.8 Å². The molecule has 0 rings (SSSR count). The summed E-state index contributed by atoms with van der Waals surface area (Å²) in [6.45, 7) is 5.38. The number of hydrogen-bond donors (Lipinski definition) is 3. The molecule has 6 nitrogen and oxygen atoms in total. The fourth-order valence-corrected chi connectivity index (χ4v) is 0.923. The fraction of sp³-hybridized carbons (Fsp3) is 0.667. The summed E-state index contributed by atoms with van der Waals surface area (Å²) in [6, 6.07) is -1.88. The van der Waals surface area contributed by atoms with E-state index in [1.54, 1.807) is 20.8 Å². The monoisotopic (exact) mass is 217 g/mol. The molecule has 0 saturated carbocycles. The summed E-state index contributed by atoms with van der Waals surface area (Å²) in [5, 5.41) is 18.9. The predicted molar refractivity (Wildman–Crippen MR) is 51.3 cm³/mol. The second-order valence-corrected chi connectivity index (χ2v) is 4.41. The molecule has 0 heterocycles. The third-order valence-corrected chi connectivity index (χ3v) is 1.49. The lowest BCUT2D eigenvalue weighted by atomic mass is 9.92. The Balaban J connectivity index is 4.38. The van der Waals surface area contributed by atoms with Gasteiger partial charge in [-0.1, -0.05) is 20.8 Å². The summed E-state index contributed by atoms with van der Waals surface area (Å²) in [6.07, 6.45) is 0.0735. The molecule has 0 aromatic carbocycles. The van der Waals surface area contributed by atoms with E-state index in [-0.39, 0.29) is 11.8 Å². The predicted octanol–water partition coefficient (Wildman–Crippen LogP) is 0.0766.